The highest BCUT2D eigenvalue weighted by Gasteiger charge is 2.23. The summed E-state index contributed by atoms with van der Waals surface area (Å²) in [7, 11) is -3.46. The number of ether oxygens (including phenoxy) is 1. The molecular weight excluding hydrogens is 262 g/mol. The van der Waals surface area contributed by atoms with Crippen molar-refractivity contribution < 1.29 is 13.2 Å². The van der Waals surface area contributed by atoms with Crippen molar-refractivity contribution in [3.05, 3.63) is 28.8 Å². The van der Waals surface area contributed by atoms with Gasteiger partial charge in [0.05, 0.1) is 11.0 Å². The van der Waals surface area contributed by atoms with E-state index in [9.17, 15) is 8.42 Å². The van der Waals surface area contributed by atoms with Crippen LogP contribution in [-0.2, 0) is 14.8 Å². The predicted molar refractivity (Wildman–Crippen MR) is 74.8 cm³/mol. The number of hydrogen-bond donors (Lipinski definition) is 1. The summed E-state index contributed by atoms with van der Waals surface area (Å²) in [4.78, 5) is 0.399. The molecule has 0 saturated carbocycles. The molecule has 0 unspecified atom stereocenters. The van der Waals surface area contributed by atoms with Crippen LogP contribution in [0, 0.1) is 20.8 Å². The molecule has 1 atom stereocenters. The van der Waals surface area contributed by atoms with E-state index in [0.29, 0.717) is 11.4 Å². The molecule has 0 radical (unpaired) electrons. The van der Waals surface area contributed by atoms with Crippen LogP contribution in [0.5, 0.6) is 0 Å². The second-order valence-corrected chi connectivity index (χ2v) is 6.92. The van der Waals surface area contributed by atoms with Gasteiger partial charge < -0.3 is 4.74 Å². The molecule has 1 aromatic carbocycles. The molecule has 0 aromatic heterocycles. The Hall–Kier alpha value is -0.910. The molecule has 5 heteroatoms. The minimum atomic E-state index is -3.46. The molecule has 1 aliphatic heterocycles. The van der Waals surface area contributed by atoms with Crippen molar-refractivity contribution in [2.24, 2.45) is 0 Å². The fourth-order valence-electron chi connectivity index (χ4n) is 2.67. The third kappa shape index (κ3) is 3.35. The van der Waals surface area contributed by atoms with Gasteiger partial charge in [0.1, 0.15) is 0 Å². The van der Waals surface area contributed by atoms with E-state index < -0.39 is 10.0 Å². The summed E-state index contributed by atoms with van der Waals surface area (Å²) < 4.78 is 32.9. The number of sulfonamides is 1. The molecular formula is C14H21NO3S. The molecule has 1 aromatic rings. The molecule has 106 valence electrons. The molecule has 1 aliphatic rings. The maximum atomic E-state index is 12.4. The average Bonchev–Trinajstić information content (AvgIpc) is 2.77. The summed E-state index contributed by atoms with van der Waals surface area (Å²) in [5.41, 5.74) is 2.66. The average molecular weight is 283 g/mol. The van der Waals surface area contributed by atoms with Crippen molar-refractivity contribution in [3.63, 3.8) is 0 Å². The maximum Gasteiger partial charge on any atom is 0.241 e. The second-order valence-electron chi connectivity index (χ2n) is 5.21. The zero-order chi connectivity index (χ0) is 14.0. The second kappa shape index (κ2) is 5.61. The first-order chi connectivity index (χ1) is 8.90. The van der Waals surface area contributed by atoms with Crippen LogP contribution >= 0.6 is 0 Å². The van der Waals surface area contributed by atoms with Crippen LogP contribution in [0.1, 0.15) is 29.5 Å². The van der Waals surface area contributed by atoms with Crippen molar-refractivity contribution in [1.82, 2.24) is 4.72 Å². The molecule has 0 spiro atoms. The van der Waals surface area contributed by atoms with Gasteiger partial charge in [-0.2, -0.15) is 0 Å². The van der Waals surface area contributed by atoms with Gasteiger partial charge in [0, 0.05) is 13.2 Å². The topological polar surface area (TPSA) is 55.4 Å². The molecule has 1 N–H and O–H groups in total. The molecule has 19 heavy (non-hydrogen) atoms. The van der Waals surface area contributed by atoms with E-state index in [1.807, 2.05) is 32.9 Å². The smallest absolute Gasteiger partial charge is 0.241 e. The summed E-state index contributed by atoms with van der Waals surface area (Å²) in [5.74, 6) is 0. The van der Waals surface area contributed by atoms with Gasteiger partial charge in [0.25, 0.3) is 0 Å². The minimum absolute atomic E-state index is 0.0147. The van der Waals surface area contributed by atoms with E-state index in [-0.39, 0.29) is 6.10 Å². The predicted octanol–water partition coefficient (Wildman–Crippen LogP) is 2.07. The van der Waals surface area contributed by atoms with Gasteiger partial charge in [0.2, 0.25) is 10.0 Å². The lowest BCUT2D eigenvalue weighted by molar-refractivity contribution is 0.114. The highest BCUT2D eigenvalue weighted by molar-refractivity contribution is 7.89. The number of nitrogens with one attached hydrogen (secondary N) is 1. The molecule has 0 aliphatic carbocycles. The Morgan fingerprint density at radius 3 is 2.42 bits per heavy atom. The van der Waals surface area contributed by atoms with Crippen LogP contribution in [-0.4, -0.2) is 27.7 Å². The Balaban J connectivity index is 2.19. The van der Waals surface area contributed by atoms with E-state index >= 15 is 0 Å². The van der Waals surface area contributed by atoms with Crippen LogP contribution in [0.4, 0.5) is 0 Å². The first-order valence-electron chi connectivity index (χ1n) is 6.59. The van der Waals surface area contributed by atoms with Crippen molar-refractivity contribution >= 4 is 10.0 Å². The largest absolute Gasteiger partial charge is 0.377 e. The van der Waals surface area contributed by atoms with Gasteiger partial charge in [-0.1, -0.05) is 17.7 Å². The maximum absolute atomic E-state index is 12.4. The molecule has 1 fully saturated rings. The summed E-state index contributed by atoms with van der Waals surface area (Å²) in [5, 5.41) is 0. The number of aryl methyl sites for hydroxylation is 3. The van der Waals surface area contributed by atoms with E-state index in [1.165, 1.54) is 0 Å². The van der Waals surface area contributed by atoms with Crippen LogP contribution in [0.3, 0.4) is 0 Å². The fraction of sp³-hybridized carbons (Fsp3) is 0.571. The Labute approximate surface area is 115 Å². The van der Waals surface area contributed by atoms with Crippen molar-refractivity contribution in [3.8, 4) is 0 Å². The van der Waals surface area contributed by atoms with Gasteiger partial charge in [-0.05, 0) is 44.7 Å². The normalized spacial score (nSPS) is 19.8. The Morgan fingerprint density at radius 2 is 1.89 bits per heavy atom. The standard InChI is InChI=1S/C14H21NO3S/c1-10-7-11(2)14(12(3)8-10)19(16,17)15-9-13-5-4-6-18-13/h7-8,13,15H,4-6,9H2,1-3H3/t13-/m0/s1. The molecule has 4 nitrogen and oxygen atoms in total. The number of hydrogen-bond acceptors (Lipinski definition) is 3. The lowest BCUT2D eigenvalue weighted by Crippen LogP contribution is -2.32. The van der Waals surface area contributed by atoms with Crippen LogP contribution in [0.25, 0.3) is 0 Å². The van der Waals surface area contributed by atoms with E-state index in [4.69, 9.17) is 4.74 Å². The van der Waals surface area contributed by atoms with Gasteiger partial charge in [0.15, 0.2) is 0 Å². The molecule has 1 saturated heterocycles. The van der Waals surface area contributed by atoms with Crippen LogP contribution in [0.2, 0.25) is 0 Å². The SMILES string of the molecule is Cc1cc(C)c(S(=O)(=O)NC[C@@H]2CCCO2)c(C)c1. The van der Waals surface area contributed by atoms with E-state index in [1.54, 1.807) is 0 Å². The van der Waals surface area contributed by atoms with Gasteiger partial charge in [-0.25, -0.2) is 13.1 Å². The van der Waals surface area contributed by atoms with Gasteiger partial charge in [-0.3, -0.25) is 0 Å². The summed E-state index contributed by atoms with van der Waals surface area (Å²) in [6, 6.07) is 3.79. The molecule has 0 bridgehead atoms. The third-order valence-electron chi connectivity index (χ3n) is 3.40. The van der Waals surface area contributed by atoms with Crippen molar-refractivity contribution in [2.75, 3.05) is 13.2 Å². The van der Waals surface area contributed by atoms with Crippen molar-refractivity contribution in [1.29, 1.82) is 0 Å². The Morgan fingerprint density at radius 1 is 1.26 bits per heavy atom. The first-order valence-corrected chi connectivity index (χ1v) is 8.07. The highest BCUT2D eigenvalue weighted by atomic mass is 32.2. The van der Waals surface area contributed by atoms with E-state index in [2.05, 4.69) is 4.72 Å². The molecule has 2 rings (SSSR count). The van der Waals surface area contributed by atoms with Crippen LogP contribution in [0.15, 0.2) is 17.0 Å². The summed E-state index contributed by atoms with van der Waals surface area (Å²) in [6.07, 6.45) is 1.95. The quantitative estimate of drug-likeness (QED) is 0.920. The number of benzene rings is 1. The Bertz CT molecular complexity index is 537. The number of rotatable bonds is 4. The lowest BCUT2D eigenvalue weighted by atomic mass is 10.1. The van der Waals surface area contributed by atoms with Gasteiger partial charge >= 0.3 is 0 Å². The fourth-order valence-corrected chi connectivity index (χ4v) is 4.19. The van der Waals surface area contributed by atoms with E-state index in [0.717, 1.165) is 36.1 Å². The summed E-state index contributed by atoms with van der Waals surface area (Å²) in [6.45, 7) is 6.72. The first kappa shape index (κ1) is 14.5. The van der Waals surface area contributed by atoms with Crippen LogP contribution < -0.4 is 4.72 Å². The lowest BCUT2D eigenvalue weighted by Gasteiger charge is -2.15. The highest BCUT2D eigenvalue weighted by Crippen LogP contribution is 2.22. The summed E-state index contributed by atoms with van der Waals surface area (Å²) >= 11 is 0. The van der Waals surface area contributed by atoms with Gasteiger partial charge in [-0.15, -0.1) is 0 Å². The zero-order valence-electron chi connectivity index (χ0n) is 11.7. The minimum Gasteiger partial charge on any atom is -0.377 e. The molecule has 1 heterocycles. The monoisotopic (exact) mass is 283 g/mol. The zero-order valence-corrected chi connectivity index (χ0v) is 12.5. The third-order valence-corrected chi connectivity index (χ3v) is 5.13. The molecule has 0 amide bonds. The Kier molecular flexibility index (Phi) is 4.28. The van der Waals surface area contributed by atoms with Crippen molar-refractivity contribution in [2.45, 2.75) is 44.6 Å².